The number of likely N-dealkylation sites (tertiary alicyclic amines) is 1. The van der Waals surface area contributed by atoms with Crippen LogP contribution in [0.15, 0.2) is 17.1 Å². The first-order valence-electron chi connectivity index (χ1n) is 6.66. The highest BCUT2D eigenvalue weighted by Gasteiger charge is 2.18. The maximum absolute atomic E-state index is 11.8. The van der Waals surface area contributed by atoms with Crippen molar-refractivity contribution in [2.75, 3.05) is 26.0 Å². The molecule has 1 N–H and O–H groups in total. The van der Waals surface area contributed by atoms with Crippen LogP contribution < -0.4 is 10.9 Å². The largest absolute Gasteiger partial charge is 0.387 e. The van der Waals surface area contributed by atoms with E-state index in [2.05, 4.69) is 22.4 Å². The quantitative estimate of drug-likeness (QED) is 0.871. The van der Waals surface area contributed by atoms with E-state index in [4.69, 9.17) is 0 Å². The number of rotatable bonds is 4. The van der Waals surface area contributed by atoms with E-state index in [1.807, 2.05) is 0 Å². The third kappa shape index (κ3) is 3.10. The van der Waals surface area contributed by atoms with Gasteiger partial charge in [-0.05, 0) is 32.9 Å². The number of aryl methyl sites for hydroxylation is 1. The Balaban J connectivity index is 1.95. The summed E-state index contributed by atoms with van der Waals surface area (Å²) in [4.78, 5) is 14.2. The second-order valence-electron chi connectivity index (χ2n) is 4.97. The molecule has 0 bridgehead atoms. The SMILES string of the molecule is CNc1cnn(CCC2CCCCN2C)c(=O)c1. The lowest BCUT2D eigenvalue weighted by Crippen LogP contribution is -2.37. The van der Waals surface area contributed by atoms with Gasteiger partial charge in [-0.25, -0.2) is 4.68 Å². The van der Waals surface area contributed by atoms with Crippen molar-refractivity contribution in [3.8, 4) is 0 Å². The van der Waals surface area contributed by atoms with Gasteiger partial charge >= 0.3 is 0 Å². The van der Waals surface area contributed by atoms with E-state index in [1.54, 1.807) is 24.0 Å². The summed E-state index contributed by atoms with van der Waals surface area (Å²) in [6.07, 6.45) is 6.53. The summed E-state index contributed by atoms with van der Waals surface area (Å²) in [5.74, 6) is 0. The van der Waals surface area contributed by atoms with Gasteiger partial charge in [0.15, 0.2) is 0 Å². The topological polar surface area (TPSA) is 50.2 Å². The molecule has 1 unspecified atom stereocenters. The summed E-state index contributed by atoms with van der Waals surface area (Å²) < 4.78 is 1.56. The van der Waals surface area contributed by atoms with Crippen molar-refractivity contribution < 1.29 is 0 Å². The zero-order valence-corrected chi connectivity index (χ0v) is 11.2. The predicted molar refractivity (Wildman–Crippen MR) is 72.9 cm³/mol. The molecule has 1 fully saturated rings. The zero-order chi connectivity index (χ0) is 13.0. The molecule has 100 valence electrons. The van der Waals surface area contributed by atoms with Gasteiger partial charge in [0.1, 0.15) is 0 Å². The molecule has 0 spiro atoms. The molecule has 1 saturated heterocycles. The second-order valence-corrected chi connectivity index (χ2v) is 4.97. The van der Waals surface area contributed by atoms with E-state index in [-0.39, 0.29) is 5.56 Å². The Bertz CT molecular complexity index is 443. The Labute approximate surface area is 108 Å². The monoisotopic (exact) mass is 250 g/mol. The Morgan fingerprint density at radius 3 is 3.00 bits per heavy atom. The molecule has 5 nitrogen and oxygen atoms in total. The van der Waals surface area contributed by atoms with Gasteiger partial charge in [0, 0.05) is 25.7 Å². The number of hydrogen-bond acceptors (Lipinski definition) is 4. The van der Waals surface area contributed by atoms with Crippen molar-refractivity contribution in [1.29, 1.82) is 0 Å². The molecule has 5 heteroatoms. The first kappa shape index (κ1) is 13.1. The average molecular weight is 250 g/mol. The number of aromatic nitrogens is 2. The Morgan fingerprint density at radius 2 is 2.33 bits per heavy atom. The van der Waals surface area contributed by atoms with Crippen LogP contribution in [-0.4, -0.2) is 41.4 Å². The smallest absolute Gasteiger partial charge is 0.268 e. The Hall–Kier alpha value is -1.36. The molecule has 1 aliphatic heterocycles. The number of hydrogen-bond donors (Lipinski definition) is 1. The van der Waals surface area contributed by atoms with Gasteiger partial charge < -0.3 is 10.2 Å². The first-order chi connectivity index (χ1) is 8.70. The normalized spacial score (nSPS) is 20.9. The fourth-order valence-corrected chi connectivity index (χ4v) is 2.52. The minimum absolute atomic E-state index is 0.0275. The maximum Gasteiger partial charge on any atom is 0.268 e. The van der Waals surface area contributed by atoms with Crippen molar-refractivity contribution in [3.63, 3.8) is 0 Å². The number of anilines is 1. The third-order valence-electron chi connectivity index (χ3n) is 3.75. The first-order valence-corrected chi connectivity index (χ1v) is 6.66. The van der Waals surface area contributed by atoms with Crippen LogP contribution in [0.2, 0.25) is 0 Å². The van der Waals surface area contributed by atoms with Gasteiger partial charge in [-0.3, -0.25) is 4.79 Å². The van der Waals surface area contributed by atoms with Gasteiger partial charge in [-0.2, -0.15) is 5.10 Å². The molecule has 2 heterocycles. The molecule has 0 radical (unpaired) electrons. The van der Waals surface area contributed by atoms with Crippen molar-refractivity contribution in [1.82, 2.24) is 14.7 Å². The van der Waals surface area contributed by atoms with Crippen molar-refractivity contribution in [2.45, 2.75) is 38.3 Å². The summed E-state index contributed by atoms with van der Waals surface area (Å²) in [5.41, 5.74) is 0.742. The summed E-state index contributed by atoms with van der Waals surface area (Å²) in [6.45, 7) is 1.88. The average Bonchev–Trinajstić information content (AvgIpc) is 2.39. The fourth-order valence-electron chi connectivity index (χ4n) is 2.52. The fraction of sp³-hybridized carbons (Fsp3) is 0.692. The number of piperidine rings is 1. The van der Waals surface area contributed by atoms with E-state index in [0.29, 0.717) is 12.6 Å². The molecular formula is C13H22N4O. The lowest BCUT2D eigenvalue weighted by molar-refractivity contribution is 0.169. The second kappa shape index (κ2) is 6.00. The summed E-state index contributed by atoms with van der Waals surface area (Å²) in [7, 11) is 3.96. The molecule has 2 rings (SSSR count). The number of nitrogens with zero attached hydrogens (tertiary/aromatic N) is 3. The van der Waals surface area contributed by atoms with E-state index < -0.39 is 0 Å². The minimum atomic E-state index is -0.0275. The van der Waals surface area contributed by atoms with Crippen LogP contribution in [0.5, 0.6) is 0 Å². The van der Waals surface area contributed by atoms with Crippen LogP contribution in [0, 0.1) is 0 Å². The van der Waals surface area contributed by atoms with Crippen molar-refractivity contribution in [3.05, 3.63) is 22.6 Å². The highest BCUT2D eigenvalue weighted by atomic mass is 16.1. The summed E-state index contributed by atoms with van der Waals surface area (Å²) in [5, 5.41) is 7.11. The van der Waals surface area contributed by atoms with Crippen LogP contribution in [0.4, 0.5) is 5.69 Å². The van der Waals surface area contributed by atoms with E-state index in [0.717, 1.165) is 12.1 Å². The van der Waals surface area contributed by atoms with Crippen LogP contribution in [0.1, 0.15) is 25.7 Å². The van der Waals surface area contributed by atoms with E-state index >= 15 is 0 Å². The zero-order valence-electron chi connectivity index (χ0n) is 11.2. The molecule has 1 atom stereocenters. The van der Waals surface area contributed by atoms with E-state index in [1.165, 1.54) is 25.8 Å². The van der Waals surface area contributed by atoms with Gasteiger partial charge in [-0.15, -0.1) is 0 Å². The molecule has 1 aliphatic rings. The lowest BCUT2D eigenvalue weighted by atomic mass is 10.0. The molecule has 0 amide bonds. The van der Waals surface area contributed by atoms with Gasteiger partial charge in [0.05, 0.1) is 11.9 Å². The summed E-state index contributed by atoms with van der Waals surface area (Å²) >= 11 is 0. The predicted octanol–water partition coefficient (Wildman–Crippen LogP) is 1.16. The third-order valence-corrected chi connectivity index (χ3v) is 3.75. The van der Waals surface area contributed by atoms with Gasteiger partial charge in [0.2, 0.25) is 0 Å². The molecule has 0 saturated carbocycles. The summed E-state index contributed by atoms with van der Waals surface area (Å²) in [6, 6.07) is 2.19. The highest BCUT2D eigenvalue weighted by molar-refractivity contribution is 5.37. The highest BCUT2D eigenvalue weighted by Crippen LogP contribution is 2.17. The van der Waals surface area contributed by atoms with E-state index in [9.17, 15) is 4.79 Å². The molecule has 1 aromatic rings. The molecular weight excluding hydrogens is 228 g/mol. The maximum atomic E-state index is 11.8. The molecule has 1 aromatic heterocycles. The van der Waals surface area contributed by atoms with Crippen LogP contribution in [-0.2, 0) is 6.54 Å². The Morgan fingerprint density at radius 1 is 1.50 bits per heavy atom. The minimum Gasteiger partial charge on any atom is -0.387 e. The Kier molecular flexibility index (Phi) is 4.36. The van der Waals surface area contributed by atoms with Crippen LogP contribution in [0.3, 0.4) is 0 Å². The van der Waals surface area contributed by atoms with Crippen LogP contribution >= 0.6 is 0 Å². The standard InChI is InChI=1S/C13H22N4O/c1-14-11-9-13(18)17(15-10-11)8-6-12-5-3-4-7-16(12)2/h9-10,12,14H,3-8H2,1-2H3. The van der Waals surface area contributed by atoms with Gasteiger partial charge in [-0.1, -0.05) is 6.42 Å². The van der Waals surface area contributed by atoms with Crippen molar-refractivity contribution >= 4 is 5.69 Å². The number of nitrogens with one attached hydrogen (secondary N) is 1. The molecule has 0 aromatic carbocycles. The molecule has 0 aliphatic carbocycles. The van der Waals surface area contributed by atoms with Crippen molar-refractivity contribution in [2.24, 2.45) is 0 Å². The lowest BCUT2D eigenvalue weighted by Gasteiger charge is -2.32. The van der Waals surface area contributed by atoms with Crippen LogP contribution in [0.25, 0.3) is 0 Å². The molecule has 18 heavy (non-hydrogen) atoms. The van der Waals surface area contributed by atoms with Gasteiger partial charge in [0.25, 0.3) is 5.56 Å².